The molecule has 0 unspecified atom stereocenters. The summed E-state index contributed by atoms with van der Waals surface area (Å²) in [4.78, 5) is 25.6. The Morgan fingerprint density at radius 2 is 1.14 bits per heavy atom. The summed E-state index contributed by atoms with van der Waals surface area (Å²) in [7, 11) is -5.39. The van der Waals surface area contributed by atoms with E-state index in [4.69, 9.17) is 19.2 Å². The van der Waals surface area contributed by atoms with Crippen LogP contribution < -0.4 is 44.2 Å². The molecule has 0 bridgehead atoms. The Morgan fingerprint density at radius 3 is 1.14 bits per heavy atom. The normalized spacial score (nSPS) is 8.43. The number of rotatable bonds is 0. The fraction of sp³-hybridized carbons (Fsp3) is 0. The zero-order chi connectivity index (χ0) is 4.50. The molecule has 7 heavy (non-hydrogen) atoms. The van der Waals surface area contributed by atoms with Gasteiger partial charge in [-0.15, -0.1) is 0 Å². The van der Waals surface area contributed by atoms with E-state index in [9.17, 15) is 0 Å². The van der Waals surface area contributed by atoms with Gasteiger partial charge in [-0.3, -0.25) is 0 Å². The topological polar surface area (TPSA) is 86.2 Å². The van der Waals surface area contributed by atoms with Gasteiger partial charge >= 0.3 is 46.6 Å². The molecule has 0 saturated carbocycles. The van der Waals surface area contributed by atoms with E-state index in [-0.39, 0.29) is 46.6 Å². The first-order valence-electron chi connectivity index (χ1n) is 0.730. The van der Waals surface area contributed by atoms with Crippen molar-refractivity contribution in [3.8, 4) is 0 Å². The van der Waals surface area contributed by atoms with E-state index in [1.165, 1.54) is 0 Å². The molecular weight excluding hydrogens is 173 g/mol. The molecule has 0 fully saturated rings. The minimum atomic E-state index is -5.39. The molecule has 0 aliphatic carbocycles. The molecular formula is MnNaO4P. The molecule has 7 heteroatoms. The Kier molecular flexibility index (Phi) is 13.0. The first kappa shape index (κ1) is 15.9. The van der Waals surface area contributed by atoms with Gasteiger partial charge in [-0.2, -0.15) is 7.82 Å². The third-order valence-electron chi connectivity index (χ3n) is 0. The van der Waals surface area contributed by atoms with Gasteiger partial charge in [-0.1, -0.05) is 0 Å². The minimum Gasteiger partial charge on any atom is -0.822 e. The van der Waals surface area contributed by atoms with Gasteiger partial charge in [-0.05, 0) is 0 Å². The van der Waals surface area contributed by atoms with Crippen LogP contribution in [0.4, 0.5) is 0 Å². The molecule has 0 N–H and O–H groups in total. The number of hydrogen-bond donors (Lipinski definition) is 0. The zero-order valence-corrected chi connectivity index (χ0v) is 7.53. The molecule has 0 rings (SSSR count). The van der Waals surface area contributed by atoms with E-state index >= 15 is 0 Å². The van der Waals surface area contributed by atoms with Crippen LogP contribution >= 0.6 is 7.82 Å². The molecule has 0 aromatic rings. The van der Waals surface area contributed by atoms with Crippen molar-refractivity contribution >= 4 is 7.82 Å². The maximum atomic E-state index is 8.55. The van der Waals surface area contributed by atoms with E-state index in [0.29, 0.717) is 0 Å². The fourth-order valence-electron chi connectivity index (χ4n) is 0. The molecule has 4 nitrogen and oxygen atoms in total. The quantitative estimate of drug-likeness (QED) is 0.269. The van der Waals surface area contributed by atoms with Crippen LogP contribution in [0.25, 0.3) is 0 Å². The summed E-state index contributed by atoms with van der Waals surface area (Å²) in [5, 5.41) is 0. The van der Waals surface area contributed by atoms with Crippen LogP contribution in [0.1, 0.15) is 0 Å². The van der Waals surface area contributed by atoms with Crippen molar-refractivity contribution in [2.24, 2.45) is 0 Å². The first-order valence-corrected chi connectivity index (χ1v) is 2.19. The van der Waals surface area contributed by atoms with Gasteiger partial charge in [0.15, 0.2) is 0 Å². The molecule has 0 heterocycles. The number of hydrogen-bond acceptors (Lipinski definition) is 4. The second-order valence-electron chi connectivity index (χ2n) is 0.447. The predicted octanol–water partition coefficient (Wildman–Crippen LogP) is -5.82. The molecule has 0 saturated heterocycles. The Morgan fingerprint density at radius 1 is 1.14 bits per heavy atom. The predicted molar refractivity (Wildman–Crippen MR) is 7.61 cm³/mol. The van der Waals surface area contributed by atoms with Gasteiger partial charge < -0.3 is 19.2 Å². The molecule has 37 valence electrons. The number of phosphoric acid groups is 1. The third-order valence-corrected chi connectivity index (χ3v) is 0. The van der Waals surface area contributed by atoms with E-state index in [2.05, 4.69) is 0 Å². The van der Waals surface area contributed by atoms with Crippen LogP contribution in [0.5, 0.6) is 0 Å². The van der Waals surface area contributed by atoms with E-state index in [1.54, 1.807) is 0 Å². The first-order chi connectivity index (χ1) is 2.00. The van der Waals surface area contributed by atoms with Crippen LogP contribution in [0.3, 0.4) is 0 Å². The van der Waals surface area contributed by atoms with Gasteiger partial charge in [0.05, 0.1) is 0 Å². The molecule has 0 aliphatic heterocycles. The largest absolute Gasteiger partial charge is 2.00 e. The average molecular weight is 173 g/mol. The van der Waals surface area contributed by atoms with Crippen molar-refractivity contribution in [3.63, 3.8) is 0 Å². The van der Waals surface area contributed by atoms with Crippen molar-refractivity contribution < 1.29 is 65.9 Å². The Bertz CT molecular complexity index is 57.8. The fourth-order valence-corrected chi connectivity index (χ4v) is 0. The van der Waals surface area contributed by atoms with E-state index < -0.39 is 7.82 Å². The summed E-state index contributed by atoms with van der Waals surface area (Å²) in [6.45, 7) is 0. The molecule has 0 atom stereocenters. The van der Waals surface area contributed by atoms with Gasteiger partial charge in [0.1, 0.15) is 0 Å². The van der Waals surface area contributed by atoms with Crippen LogP contribution in [0.2, 0.25) is 0 Å². The van der Waals surface area contributed by atoms with Gasteiger partial charge in [0.2, 0.25) is 0 Å². The Balaban J connectivity index is -0.0000000800. The second-order valence-corrected chi connectivity index (χ2v) is 1.34. The summed E-state index contributed by atoms with van der Waals surface area (Å²) in [5.41, 5.74) is 0. The monoisotopic (exact) mass is 173 g/mol. The maximum Gasteiger partial charge on any atom is 2.00 e. The van der Waals surface area contributed by atoms with Gasteiger partial charge in [-0.25, -0.2) is 0 Å². The average Bonchev–Trinajstić information content (AvgIpc) is 0.722. The van der Waals surface area contributed by atoms with Gasteiger partial charge in [0.25, 0.3) is 0 Å². The van der Waals surface area contributed by atoms with Crippen molar-refractivity contribution in [1.82, 2.24) is 0 Å². The molecule has 0 aromatic carbocycles. The summed E-state index contributed by atoms with van der Waals surface area (Å²) >= 11 is 0. The van der Waals surface area contributed by atoms with Crippen molar-refractivity contribution in [2.45, 2.75) is 0 Å². The van der Waals surface area contributed by atoms with Crippen molar-refractivity contribution in [2.75, 3.05) is 0 Å². The van der Waals surface area contributed by atoms with Crippen molar-refractivity contribution in [3.05, 3.63) is 0 Å². The third kappa shape index (κ3) is 91.1. The molecule has 0 amide bonds. The Labute approximate surface area is 73.3 Å². The molecule has 0 spiro atoms. The van der Waals surface area contributed by atoms with Crippen LogP contribution in [0.15, 0.2) is 0 Å². The Hall–Kier alpha value is 1.63. The van der Waals surface area contributed by atoms with Gasteiger partial charge in [0, 0.05) is 0 Å². The molecule has 0 aliphatic rings. The van der Waals surface area contributed by atoms with Crippen LogP contribution in [-0.2, 0) is 21.6 Å². The standard InChI is InChI=1S/Mn.Na.H3O4P/c;;1-5(2,3)4/h;;(H3,1,2,3,4)/q+2;+1;/p-3. The van der Waals surface area contributed by atoms with Crippen LogP contribution in [0, 0.1) is 0 Å². The van der Waals surface area contributed by atoms with Crippen molar-refractivity contribution in [1.29, 1.82) is 0 Å². The summed E-state index contributed by atoms with van der Waals surface area (Å²) in [6, 6.07) is 0. The zero-order valence-electron chi connectivity index (χ0n) is 3.46. The second kappa shape index (κ2) is 5.76. The SMILES string of the molecule is O=P([O-])([O-])[O-].[Mn+2].[Na+]. The van der Waals surface area contributed by atoms with E-state index in [0.717, 1.165) is 0 Å². The minimum absolute atomic E-state index is 0. The smallest absolute Gasteiger partial charge is 0.822 e. The summed E-state index contributed by atoms with van der Waals surface area (Å²) in [5.74, 6) is 0. The summed E-state index contributed by atoms with van der Waals surface area (Å²) in [6.07, 6.45) is 0. The van der Waals surface area contributed by atoms with E-state index in [1.807, 2.05) is 0 Å². The maximum absolute atomic E-state index is 8.55. The summed E-state index contributed by atoms with van der Waals surface area (Å²) < 4.78 is 8.55. The molecule has 0 aromatic heterocycles. The van der Waals surface area contributed by atoms with Crippen LogP contribution in [-0.4, -0.2) is 0 Å². The molecule has 1 radical (unpaired) electrons.